The van der Waals surface area contributed by atoms with Crippen LogP contribution in [0.15, 0.2) is 456 Å². The molecular formula is C129H98N2O2. The molecule has 3 aliphatic rings. The molecule has 0 saturated heterocycles. The van der Waals surface area contributed by atoms with E-state index in [1.807, 2.05) is 30.3 Å². The topological polar surface area (TPSA) is 32.8 Å². The third kappa shape index (κ3) is 15.2. The van der Waals surface area contributed by atoms with E-state index >= 15 is 0 Å². The molecule has 0 amide bonds. The van der Waals surface area contributed by atoms with Crippen molar-refractivity contribution in [3.8, 4) is 128 Å². The second-order valence-corrected chi connectivity index (χ2v) is 37.4. The van der Waals surface area contributed by atoms with Crippen LogP contribution in [0.3, 0.4) is 0 Å². The Balaban J connectivity index is 0.000000157. The zero-order chi connectivity index (χ0) is 90.4. The normalized spacial score (nSPS) is 13.0. The van der Waals surface area contributed by atoms with E-state index in [1.165, 1.54) is 166 Å². The van der Waals surface area contributed by atoms with Crippen molar-refractivity contribution in [2.75, 3.05) is 9.80 Å². The summed E-state index contributed by atoms with van der Waals surface area (Å²) < 4.78 is 5.38. The van der Waals surface area contributed by atoms with Gasteiger partial charge in [-0.15, -0.1) is 0 Å². The Morgan fingerprint density at radius 3 is 0.752 bits per heavy atom. The molecular weight excluding hydrogens is 1610 g/mol. The summed E-state index contributed by atoms with van der Waals surface area (Å²) in [6.07, 6.45) is 1.89. The molecule has 0 bridgehead atoms. The standard InChI is InChI=1S/C70H53N.C59H45NO2/c1-6-45-15-17-48(18-16-45)49-19-21-50(22-20-49)51-27-31-58(32-28-51)71(59-33-37-63-61-35-29-56(41-65(61)69(2,3)67(63)43-59)54-25-23-46-11-7-9-13-52(46)39-54)60-34-38-64-62-36-30-57(42-66(62)70(4,5)68(64)44-60)55-26-24-47-12-8-10-14-53(47)40-55;1-39(2)58(61)62-53-32-24-46(25-33-53)43-16-14-42(15-17-43)45-22-29-51(30-23-45)60(50-27-20-44(21-28-50)40-10-6-5-7-11-40)52-31-35-55-54-34-26-49(37-56(54)59(3,4)57(55)38-52)48-19-18-41-12-8-9-13-47(41)36-48/h6-44H,1H2,2-5H3;5-38H,1H2,2-4H3. The van der Waals surface area contributed by atoms with Crippen molar-refractivity contribution >= 4 is 78.5 Å². The molecule has 4 nitrogen and oxygen atoms in total. The van der Waals surface area contributed by atoms with Gasteiger partial charge < -0.3 is 14.5 Å². The van der Waals surface area contributed by atoms with Crippen LogP contribution in [-0.4, -0.2) is 5.97 Å². The molecule has 23 rings (SSSR count). The van der Waals surface area contributed by atoms with Gasteiger partial charge >= 0.3 is 5.97 Å². The highest BCUT2D eigenvalue weighted by Gasteiger charge is 2.40. The van der Waals surface area contributed by atoms with Crippen LogP contribution in [0.4, 0.5) is 34.1 Å². The molecule has 0 aromatic heterocycles. The number of anilines is 6. The zero-order valence-corrected chi connectivity index (χ0v) is 75.8. The maximum absolute atomic E-state index is 12.0. The van der Waals surface area contributed by atoms with Crippen LogP contribution >= 0.6 is 0 Å². The fourth-order valence-corrected chi connectivity index (χ4v) is 20.6. The van der Waals surface area contributed by atoms with Crippen molar-refractivity contribution in [3.63, 3.8) is 0 Å². The van der Waals surface area contributed by atoms with E-state index in [9.17, 15) is 4.79 Å². The van der Waals surface area contributed by atoms with E-state index in [0.29, 0.717) is 11.3 Å². The molecule has 20 aromatic carbocycles. The highest BCUT2D eigenvalue weighted by molar-refractivity contribution is 5.97. The first-order valence-electron chi connectivity index (χ1n) is 46.0. The molecule has 20 aromatic rings. The molecule has 3 aliphatic carbocycles. The van der Waals surface area contributed by atoms with Crippen LogP contribution in [0.1, 0.15) is 87.4 Å². The Bertz CT molecular complexity index is 7800. The molecule has 0 spiro atoms. The second kappa shape index (κ2) is 33.3. The molecule has 0 heterocycles. The number of fused-ring (bicyclic) bond motifs is 12. The van der Waals surface area contributed by atoms with Gasteiger partial charge in [-0.05, 0) is 322 Å². The number of rotatable bonds is 17. The van der Waals surface area contributed by atoms with Crippen molar-refractivity contribution in [3.05, 3.63) is 494 Å². The molecule has 0 N–H and O–H groups in total. The number of hydrogen-bond acceptors (Lipinski definition) is 4. The van der Waals surface area contributed by atoms with Crippen molar-refractivity contribution < 1.29 is 9.53 Å². The lowest BCUT2D eigenvalue weighted by atomic mass is 9.81. The van der Waals surface area contributed by atoms with Crippen LogP contribution in [0.2, 0.25) is 0 Å². The number of nitrogens with zero attached hydrogens (tertiary/aromatic N) is 2. The fourth-order valence-electron chi connectivity index (χ4n) is 20.6. The predicted octanol–water partition coefficient (Wildman–Crippen LogP) is 35.2. The van der Waals surface area contributed by atoms with Gasteiger partial charge in [-0.1, -0.05) is 376 Å². The van der Waals surface area contributed by atoms with Crippen LogP contribution in [-0.2, 0) is 21.0 Å². The Labute approximate surface area is 779 Å². The zero-order valence-electron chi connectivity index (χ0n) is 75.8. The van der Waals surface area contributed by atoms with Crippen molar-refractivity contribution in [2.24, 2.45) is 0 Å². The maximum Gasteiger partial charge on any atom is 0.338 e. The molecule has 0 saturated carbocycles. The molecule has 0 fully saturated rings. The summed E-state index contributed by atoms with van der Waals surface area (Å²) in [5.41, 5.74) is 42.5. The van der Waals surface area contributed by atoms with E-state index in [0.717, 1.165) is 61.9 Å². The Hall–Kier alpha value is -16.3. The minimum absolute atomic E-state index is 0.202. The van der Waals surface area contributed by atoms with Crippen molar-refractivity contribution in [1.29, 1.82) is 0 Å². The van der Waals surface area contributed by atoms with Crippen LogP contribution in [0.5, 0.6) is 5.75 Å². The number of esters is 1. The van der Waals surface area contributed by atoms with E-state index in [1.54, 1.807) is 6.92 Å². The van der Waals surface area contributed by atoms with E-state index in [-0.39, 0.29) is 16.2 Å². The molecule has 0 radical (unpaired) electrons. The van der Waals surface area contributed by atoms with Gasteiger partial charge in [0.05, 0.1) is 0 Å². The Morgan fingerprint density at radius 2 is 0.451 bits per heavy atom. The molecule has 0 aliphatic heterocycles. The Morgan fingerprint density at radius 1 is 0.233 bits per heavy atom. The van der Waals surface area contributed by atoms with Gasteiger partial charge in [0.15, 0.2) is 0 Å². The Kier molecular flexibility index (Phi) is 20.7. The summed E-state index contributed by atoms with van der Waals surface area (Å²) in [5, 5.41) is 7.56. The molecule has 0 unspecified atom stereocenters. The second-order valence-electron chi connectivity index (χ2n) is 37.4. The number of carbonyl (C=O) groups excluding carboxylic acids is 1. The van der Waals surface area contributed by atoms with Gasteiger partial charge in [0.1, 0.15) is 5.75 Å². The third-order valence-electron chi connectivity index (χ3n) is 28.1. The smallest absolute Gasteiger partial charge is 0.338 e. The van der Waals surface area contributed by atoms with Gasteiger partial charge in [-0.3, -0.25) is 0 Å². The average Bonchev–Trinajstić information content (AvgIpc) is 1.59. The molecule has 0 atom stereocenters. The lowest BCUT2D eigenvalue weighted by Gasteiger charge is -2.30. The van der Waals surface area contributed by atoms with E-state index < -0.39 is 5.97 Å². The summed E-state index contributed by atoms with van der Waals surface area (Å²) in [5.74, 6) is 0.0751. The van der Waals surface area contributed by atoms with Gasteiger partial charge in [0, 0.05) is 55.9 Å². The lowest BCUT2D eigenvalue weighted by Crippen LogP contribution is -2.18. The minimum atomic E-state index is -0.425. The summed E-state index contributed by atoms with van der Waals surface area (Å²) >= 11 is 0. The lowest BCUT2D eigenvalue weighted by molar-refractivity contribution is -0.130. The SMILES string of the molecule is C=C(C)C(=O)Oc1ccc(-c2ccc(-c3ccc(N(c4ccc(-c5ccccc5)cc4)c4ccc5c(c4)C(C)(C)c4cc(-c6ccc7ccccc7c6)ccc4-5)cc3)cc2)cc1.C=Cc1ccc(-c2ccc(-c3ccc(N(c4ccc5c(c4)C(C)(C)c4cc(-c6ccc7ccccc7c6)ccc4-5)c4ccc5c(c4)C(C)(C)c4cc(-c6ccc7ccccc7c6)ccc4-5)cc3)cc2)cc1. The third-order valence-corrected chi connectivity index (χ3v) is 28.1. The van der Waals surface area contributed by atoms with Crippen molar-refractivity contribution in [1.82, 2.24) is 0 Å². The highest BCUT2D eigenvalue weighted by Crippen LogP contribution is 2.57. The van der Waals surface area contributed by atoms with Gasteiger partial charge in [0.2, 0.25) is 0 Å². The summed E-state index contributed by atoms with van der Waals surface area (Å²) in [6.45, 7) is 23.5. The molecule has 133 heavy (non-hydrogen) atoms. The van der Waals surface area contributed by atoms with E-state index in [4.69, 9.17) is 4.74 Å². The maximum atomic E-state index is 12.0. The number of ether oxygens (including phenoxy) is 1. The highest BCUT2D eigenvalue weighted by atomic mass is 16.5. The summed E-state index contributed by atoms with van der Waals surface area (Å²) in [4.78, 5) is 16.8. The van der Waals surface area contributed by atoms with Gasteiger partial charge in [-0.2, -0.15) is 0 Å². The average molecular weight is 1710 g/mol. The fraction of sp³-hybridized carbons (Fsp3) is 0.0775. The summed E-state index contributed by atoms with van der Waals surface area (Å²) in [6, 6.07) is 160. The molecule has 4 heteroatoms. The summed E-state index contributed by atoms with van der Waals surface area (Å²) in [7, 11) is 0. The minimum Gasteiger partial charge on any atom is -0.423 e. The van der Waals surface area contributed by atoms with Crippen molar-refractivity contribution in [2.45, 2.75) is 64.7 Å². The van der Waals surface area contributed by atoms with Gasteiger partial charge in [0.25, 0.3) is 0 Å². The first-order chi connectivity index (χ1) is 64.8. The quantitative estimate of drug-likeness (QED) is 0.0517. The van der Waals surface area contributed by atoms with Crippen LogP contribution < -0.4 is 14.5 Å². The first-order valence-corrected chi connectivity index (χ1v) is 46.0. The number of carbonyl (C=O) groups is 1. The number of hydrogen-bond donors (Lipinski definition) is 0. The van der Waals surface area contributed by atoms with Crippen LogP contribution in [0.25, 0.3) is 161 Å². The van der Waals surface area contributed by atoms with E-state index in [2.05, 4.69) is 477 Å². The van der Waals surface area contributed by atoms with Crippen LogP contribution in [0, 0.1) is 0 Å². The molecule has 636 valence electrons. The van der Waals surface area contributed by atoms with Gasteiger partial charge in [-0.25, -0.2) is 4.79 Å². The largest absolute Gasteiger partial charge is 0.423 e. The monoisotopic (exact) mass is 1710 g/mol. The predicted molar refractivity (Wildman–Crippen MR) is 561 cm³/mol. The number of benzene rings is 20. The first kappa shape index (κ1) is 82.4.